The topological polar surface area (TPSA) is 56.8 Å². The zero-order valence-electron chi connectivity index (χ0n) is 19.0. The Balaban J connectivity index is 1.29. The van der Waals surface area contributed by atoms with E-state index in [1.165, 1.54) is 6.07 Å². The third kappa shape index (κ3) is 5.72. The maximum Gasteiger partial charge on any atom is 0.407 e. The maximum atomic E-state index is 14.1. The molecule has 5 nitrogen and oxygen atoms in total. The standard InChI is InChI=1S/C26H32FNO4/c1-26(2,3)32-25(29)28-18-9-11-19(12-10-18)30-20-13-15-23-17(16-20)8-14-24(31-23)21-6-4-5-7-22(21)27/h4-7,13,15-16,18-19,24H,8-12,14H2,1-3H3,(H,28,29)/t18-,19-,24?. The molecule has 4 rings (SSSR count). The third-order valence-electron chi connectivity index (χ3n) is 5.93. The lowest BCUT2D eigenvalue weighted by atomic mass is 9.93. The second-order valence-corrected chi connectivity index (χ2v) is 9.67. The molecule has 1 aliphatic carbocycles. The lowest BCUT2D eigenvalue weighted by molar-refractivity contribution is 0.0471. The van der Waals surface area contributed by atoms with Crippen molar-refractivity contribution in [2.75, 3.05) is 0 Å². The molecule has 0 bridgehead atoms. The number of rotatable bonds is 4. The van der Waals surface area contributed by atoms with Gasteiger partial charge in [0, 0.05) is 11.6 Å². The Bertz CT molecular complexity index is 947. The molecule has 2 aromatic carbocycles. The molecule has 1 aliphatic heterocycles. The average molecular weight is 442 g/mol. The summed E-state index contributed by atoms with van der Waals surface area (Å²) in [6.07, 6.45) is 4.54. The number of amides is 1. The zero-order valence-corrected chi connectivity index (χ0v) is 19.0. The van der Waals surface area contributed by atoms with Crippen molar-refractivity contribution in [1.29, 1.82) is 0 Å². The van der Waals surface area contributed by atoms with Crippen LogP contribution in [0.25, 0.3) is 0 Å². The molecule has 1 atom stereocenters. The van der Waals surface area contributed by atoms with Gasteiger partial charge in [-0.2, -0.15) is 0 Å². The minimum absolute atomic E-state index is 0.122. The molecule has 1 saturated carbocycles. The molecule has 6 heteroatoms. The van der Waals surface area contributed by atoms with E-state index in [2.05, 4.69) is 5.32 Å². The summed E-state index contributed by atoms with van der Waals surface area (Å²) in [5.41, 5.74) is 1.21. The third-order valence-corrected chi connectivity index (χ3v) is 5.93. The number of fused-ring (bicyclic) bond motifs is 1. The monoisotopic (exact) mass is 441 g/mol. The van der Waals surface area contributed by atoms with Crippen molar-refractivity contribution in [2.24, 2.45) is 0 Å². The predicted octanol–water partition coefficient (Wildman–Crippen LogP) is 6.11. The van der Waals surface area contributed by atoms with Crippen LogP contribution in [0.1, 0.15) is 70.1 Å². The summed E-state index contributed by atoms with van der Waals surface area (Å²) >= 11 is 0. The Morgan fingerprint density at radius 1 is 1.06 bits per heavy atom. The van der Waals surface area contributed by atoms with E-state index in [4.69, 9.17) is 14.2 Å². The number of hydrogen-bond donors (Lipinski definition) is 1. The number of alkyl carbamates (subject to hydrolysis) is 1. The molecule has 2 aromatic rings. The van der Waals surface area contributed by atoms with Crippen molar-refractivity contribution in [3.05, 3.63) is 59.4 Å². The van der Waals surface area contributed by atoms with Gasteiger partial charge in [-0.05, 0) is 89.1 Å². The molecule has 0 aromatic heterocycles. The Kier molecular flexibility index (Phi) is 6.58. The summed E-state index contributed by atoms with van der Waals surface area (Å²) in [7, 11) is 0. The Hall–Kier alpha value is -2.76. The van der Waals surface area contributed by atoms with Crippen LogP contribution in [-0.2, 0) is 11.2 Å². The highest BCUT2D eigenvalue weighted by molar-refractivity contribution is 5.68. The fraction of sp³-hybridized carbons (Fsp3) is 0.500. The number of ether oxygens (including phenoxy) is 3. The minimum atomic E-state index is -0.490. The van der Waals surface area contributed by atoms with Gasteiger partial charge in [-0.15, -0.1) is 0 Å². The molecular weight excluding hydrogens is 409 g/mol. The van der Waals surface area contributed by atoms with Crippen LogP contribution in [0.15, 0.2) is 42.5 Å². The molecule has 0 spiro atoms. The second-order valence-electron chi connectivity index (χ2n) is 9.67. The summed E-state index contributed by atoms with van der Waals surface area (Å²) in [6, 6.07) is 12.8. The van der Waals surface area contributed by atoms with Gasteiger partial charge in [0.25, 0.3) is 0 Å². The van der Waals surface area contributed by atoms with Gasteiger partial charge in [0.15, 0.2) is 0 Å². The van der Waals surface area contributed by atoms with Crippen molar-refractivity contribution in [1.82, 2.24) is 5.32 Å². The van der Waals surface area contributed by atoms with Gasteiger partial charge < -0.3 is 19.5 Å². The number of nitrogens with one attached hydrogen (secondary N) is 1. The fourth-order valence-electron chi connectivity index (χ4n) is 4.39. The van der Waals surface area contributed by atoms with Crippen molar-refractivity contribution in [2.45, 2.75) is 83.1 Å². The number of aryl methyl sites for hydroxylation is 1. The number of carbonyl (C=O) groups excluding carboxylic acids is 1. The summed E-state index contributed by atoms with van der Waals surface area (Å²) in [5.74, 6) is 1.40. The first-order valence-electron chi connectivity index (χ1n) is 11.5. The lowest BCUT2D eigenvalue weighted by Gasteiger charge is -2.31. The molecule has 32 heavy (non-hydrogen) atoms. The molecule has 0 radical (unpaired) electrons. The van der Waals surface area contributed by atoms with E-state index in [0.29, 0.717) is 5.56 Å². The molecule has 1 fully saturated rings. The average Bonchev–Trinajstić information content (AvgIpc) is 2.74. The maximum absolute atomic E-state index is 14.1. The lowest BCUT2D eigenvalue weighted by Crippen LogP contribution is -2.42. The Labute approximate surface area is 189 Å². The summed E-state index contributed by atoms with van der Waals surface area (Å²) < 4.78 is 31.8. The van der Waals surface area contributed by atoms with Gasteiger partial charge in [0.1, 0.15) is 29.0 Å². The SMILES string of the molecule is CC(C)(C)OC(=O)N[C@H]1CC[C@H](Oc2ccc3c(c2)CCC(c2ccccc2F)O3)CC1. The normalized spacial score (nSPS) is 22.9. The van der Waals surface area contributed by atoms with Crippen molar-refractivity contribution >= 4 is 6.09 Å². The molecule has 1 heterocycles. The van der Waals surface area contributed by atoms with Gasteiger partial charge in [-0.25, -0.2) is 9.18 Å². The van der Waals surface area contributed by atoms with Crippen molar-refractivity contribution in [3.63, 3.8) is 0 Å². The Morgan fingerprint density at radius 2 is 1.81 bits per heavy atom. The Morgan fingerprint density at radius 3 is 2.53 bits per heavy atom. The first kappa shape index (κ1) is 22.4. The van der Waals surface area contributed by atoms with Gasteiger partial charge in [0.05, 0.1) is 6.10 Å². The molecule has 1 amide bonds. The van der Waals surface area contributed by atoms with E-state index < -0.39 is 5.60 Å². The van der Waals surface area contributed by atoms with E-state index in [1.54, 1.807) is 12.1 Å². The molecule has 2 aliphatic rings. The zero-order chi connectivity index (χ0) is 22.7. The number of benzene rings is 2. The van der Waals surface area contributed by atoms with Gasteiger partial charge in [-0.1, -0.05) is 18.2 Å². The van der Waals surface area contributed by atoms with Crippen LogP contribution in [0.4, 0.5) is 9.18 Å². The summed E-state index contributed by atoms with van der Waals surface area (Å²) in [6.45, 7) is 5.59. The summed E-state index contributed by atoms with van der Waals surface area (Å²) in [5, 5.41) is 2.96. The first-order chi connectivity index (χ1) is 15.3. The van der Waals surface area contributed by atoms with E-state index in [1.807, 2.05) is 45.0 Å². The minimum Gasteiger partial charge on any atom is -0.490 e. The number of hydrogen-bond acceptors (Lipinski definition) is 4. The first-order valence-corrected chi connectivity index (χ1v) is 11.5. The van der Waals surface area contributed by atoms with E-state index in [0.717, 1.165) is 55.6 Å². The molecule has 0 saturated heterocycles. The molecule has 172 valence electrons. The van der Waals surface area contributed by atoms with Crippen LogP contribution in [-0.4, -0.2) is 23.8 Å². The van der Waals surface area contributed by atoms with Gasteiger partial charge in [0.2, 0.25) is 0 Å². The van der Waals surface area contributed by atoms with Crippen LogP contribution >= 0.6 is 0 Å². The molecular formula is C26H32FNO4. The van der Waals surface area contributed by atoms with Crippen LogP contribution in [0.5, 0.6) is 11.5 Å². The van der Waals surface area contributed by atoms with Crippen molar-refractivity contribution in [3.8, 4) is 11.5 Å². The van der Waals surface area contributed by atoms with Gasteiger partial charge in [-0.3, -0.25) is 0 Å². The van der Waals surface area contributed by atoms with Crippen LogP contribution in [0, 0.1) is 5.82 Å². The molecule has 1 N–H and O–H groups in total. The van der Waals surface area contributed by atoms with Crippen LogP contribution < -0.4 is 14.8 Å². The fourth-order valence-corrected chi connectivity index (χ4v) is 4.39. The smallest absolute Gasteiger partial charge is 0.407 e. The summed E-state index contributed by atoms with van der Waals surface area (Å²) in [4.78, 5) is 12.0. The van der Waals surface area contributed by atoms with Crippen LogP contribution in [0.3, 0.4) is 0 Å². The van der Waals surface area contributed by atoms with Gasteiger partial charge >= 0.3 is 6.09 Å². The highest BCUT2D eigenvalue weighted by Crippen LogP contribution is 2.38. The second kappa shape index (κ2) is 9.39. The predicted molar refractivity (Wildman–Crippen MR) is 121 cm³/mol. The quantitative estimate of drug-likeness (QED) is 0.622. The van der Waals surface area contributed by atoms with E-state index in [-0.39, 0.29) is 30.2 Å². The highest BCUT2D eigenvalue weighted by atomic mass is 19.1. The number of halogens is 1. The highest BCUT2D eigenvalue weighted by Gasteiger charge is 2.27. The largest absolute Gasteiger partial charge is 0.490 e. The van der Waals surface area contributed by atoms with E-state index >= 15 is 0 Å². The van der Waals surface area contributed by atoms with Crippen molar-refractivity contribution < 1.29 is 23.4 Å². The van der Waals surface area contributed by atoms with E-state index in [9.17, 15) is 9.18 Å². The van der Waals surface area contributed by atoms with Crippen LogP contribution in [0.2, 0.25) is 0 Å². The number of carbonyl (C=O) groups is 1. The molecule has 1 unspecified atom stereocenters.